The quantitative estimate of drug-likeness (QED) is 0.217. The molecule has 0 aliphatic heterocycles. The zero-order valence-electron chi connectivity index (χ0n) is 18.7. The molecule has 0 aromatic heterocycles. The van der Waals surface area contributed by atoms with Crippen LogP contribution in [-0.4, -0.2) is 32.1 Å². The standard InChI is InChI=1S/C25H30N2O4/c1-7-13-27(25(28)29-6)23-12-10-9-11-21(23)17-30-24-16-18(3)22(15-19(24)4)20(5)26-31-14-8-2/h7-12,15-16H,1-2,13-14,17H2,3-6H3. The maximum Gasteiger partial charge on any atom is 0.414 e. The van der Waals surface area contributed by atoms with Crippen LogP contribution in [0.15, 0.2) is 66.9 Å². The fraction of sp³-hybridized carbons (Fsp3) is 0.280. The number of rotatable bonds is 10. The molecule has 0 unspecified atom stereocenters. The summed E-state index contributed by atoms with van der Waals surface area (Å²) >= 11 is 0. The molecule has 164 valence electrons. The lowest BCUT2D eigenvalue weighted by molar-refractivity contribution is 0.175. The van der Waals surface area contributed by atoms with Gasteiger partial charge in [-0.1, -0.05) is 42.1 Å². The van der Waals surface area contributed by atoms with E-state index in [4.69, 9.17) is 14.3 Å². The van der Waals surface area contributed by atoms with Crippen molar-refractivity contribution < 1.29 is 19.1 Å². The van der Waals surface area contributed by atoms with E-state index >= 15 is 0 Å². The molecule has 2 rings (SSSR count). The fourth-order valence-corrected chi connectivity index (χ4v) is 3.13. The van der Waals surface area contributed by atoms with E-state index in [1.54, 1.807) is 12.2 Å². The number of hydrogen-bond acceptors (Lipinski definition) is 5. The van der Waals surface area contributed by atoms with Crippen molar-refractivity contribution in [2.24, 2.45) is 5.16 Å². The summed E-state index contributed by atoms with van der Waals surface area (Å²) in [4.78, 5) is 18.9. The van der Waals surface area contributed by atoms with Crippen LogP contribution in [0, 0.1) is 13.8 Å². The van der Waals surface area contributed by atoms with Crippen LogP contribution >= 0.6 is 0 Å². The summed E-state index contributed by atoms with van der Waals surface area (Å²) in [6.07, 6.45) is 2.86. The molecule has 0 bridgehead atoms. The molecule has 0 N–H and O–H groups in total. The lowest BCUT2D eigenvalue weighted by Gasteiger charge is -2.23. The summed E-state index contributed by atoms with van der Waals surface area (Å²) in [5.74, 6) is 0.768. The molecule has 1 amide bonds. The van der Waals surface area contributed by atoms with E-state index < -0.39 is 6.09 Å². The average molecular weight is 423 g/mol. The Balaban J connectivity index is 2.25. The summed E-state index contributed by atoms with van der Waals surface area (Å²) in [7, 11) is 1.36. The summed E-state index contributed by atoms with van der Waals surface area (Å²) in [5, 5.41) is 4.13. The van der Waals surface area contributed by atoms with E-state index in [-0.39, 0.29) is 0 Å². The van der Waals surface area contributed by atoms with Crippen LogP contribution in [-0.2, 0) is 16.2 Å². The molecule has 6 nitrogen and oxygen atoms in total. The van der Waals surface area contributed by atoms with Crippen molar-refractivity contribution in [1.82, 2.24) is 0 Å². The Morgan fingerprint density at radius 1 is 1.13 bits per heavy atom. The van der Waals surface area contributed by atoms with Crippen molar-refractivity contribution in [3.63, 3.8) is 0 Å². The minimum Gasteiger partial charge on any atom is -0.489 e. The van der Waals surface area contributed by atoms with Gasteiger partial charge in [0.2, 0.25) is 0 Å². The maximum atomic E-state index is 12.2. The molecule has 0 heterocycles. The van der Waals surface area contributed by atoms with Crippen LogP contribution in [0.4, 0.5) is 10.5 Å². The van der Waals surface area contributed by atoms with Gasteiger partial charge in [-0.2, -0.15) is 0 Å². The number of aryl methyl sites for hydroxylation is 2. The Morgan fingerprint density at radius 3 is 2.55 bits per heavy atom. The van der Waals surface area contributed by atoms with E-state index in [0.29, 0.717) is 19.8 Å². The Bertz CT molecular complexity index is 966. The summed E-state index contributed by atoms with van der Waals surface area (Å²) in [6, 6.07) is 11.6. The summed E-state index contributed by atoms with van der Waals surface area (Å²) in [5.41, 5.74) is 5.39. The van der Waals surface area contributed by atoms with Crippen LogP contribution in [0.2, 0.25) is 0 Å². The molecule has 0 saturated carbocycles. The first-order valence-corrected chi connectivity index (χ1v) is 9.99. The van der Waals surface area contributed by atoms with Gasteiger partial charge in [-0.15, -0.1) is 6.58 Å². The highest BCUT2D eigenvalue weighted by atomic mass is 16.6. The second kappa shape index (κ2) is 11.6. The van der Waals surface area contributed by atoms with Crippen LogP contribution in [0.5, 0.6) is 5.75 Å². The number of oxime groups is 1. The Labute approximate surface area is 184 Å². The van der Waals surface area contributed by atoms with Crippen molar-refractivity contribution in [2.75, 3.05) is 25.2 Å². The number of carbonyl (C=O) groups is 1. The lowest BCUT2D eigenvalue weighted by Crippen LogP contribution is -2.31. The average Bonchev–Trinajstić information content (AvgIpc) is 2.77. The van der Waals surface area contributed by atoms with Crippen LogP contribution in [0.1, 0.15) is 29.2 Å². The first-order valence-electron chi connectivity index (χ1n) is 9.99. The highest BCUT2D eigenvalue weighted by Gasteiger charge is 2.18. The smallest absolute Gasteiger partial charge is 0.414 e. The van der Waals surface area contributed by atoms with Gasteiger partial charge in [0.15, 0.2) is 0 Å². The molecule has 6 heteroatoms. The van der Waals surface area contributed by atoms with Crippen LogP contribution < -0.4 is 9.64 Å². The predicted molar refractivity (Wildman–Crippen MR) is 125 cm³/mol. The molecule has 0 saturated heterocycles. The monoisotopic (exact) mass is 422 g/mol. The molecule has 31 heavy (non-hydrogen) atoms. The molecule has 2 aromatic carbocycles. The summed E-state index contributed by atoms with van der Waals surface area (Å²) in [6.45, 7) is 14.2. The number of anilines is 1. The second-order valence-corrected chi connectivity index (χ2v) is 6.98. The third-order valence-corrected chi connectivity index (χ3v) is 4.68. The van der Waals surface area contributed by atoms with E-state index in [1.165, 1.54) is 12.0 Å². The number of nitrogens with zero attached hydrogens (tertiary/aromatic N) is 2. The van der Waals surface area contributed by atoms with Gasteiger partial charge in [-0.3, -0.25) is 4.90 Å². The number of carbonyl (C=O) groups excluding carboxylic acids is 1. The topological polar surface area (TPSA) is 60.4 Å². The van der Waals surface area contributed by atoms with Gasteiger partial charge >= 0.3 is 6.09 Å². The SMILES string of the molecule is C=CCON=C(C)c1cc(C)c(OCc2ccccc2N(CC=C)C(=O)OC)cc1C. The van der Waals surface area contributed by atoms with Gasteiger partial charge in [0.1, 0.15) is 19.0 Å². The van der Waals surface area contributed by atoms with Crippen molar-refractivity contribution in [2.45, 2.75) is 27.4 Å². The molecule has 0 spiro atoms. The Kier molecular flexibility index (Phi) is 8.88. The van der Waals surface area contributed by atoms with Crippen LogP contribution in [0.3, 0.4) is 0 Å². The van der Waals surface area contributed by atoms with Crippen molar-refractivity contribution >= 4 is 17.5 Å². The molecular formula is C25H30N2O4. The van der Waals surface area contributed by atoms with Gasteiger partial charge < -0.3 is 14.3 Å². The van der Waals surface area contributed by atoms with E-state index in [2.05, 4.69) is 18.3 Å². The van der Waals surface area contributed by atoms with Crippen molar-refractivity contribution in [3.8, 4) is 5.75 Å². The number of para-hydroxylation sites is 1. The molecule has 0 aliphatic carbocycles. The van der Waals surface area contributed by atoms with Gasteiger partial charge in [0.25, 0.3) is 0 Å². The fourth-order valence-electron chi connectivity index (χ4n) is 3.13. The Hall–Kier alpha value is -3.54. The number of amides is 1. The molecule has 2 aromatic rings. The first kappa shape index (κ1) is 23.7. The number of hydrogen-bond donors (Lipinski definition) is 0. The number of methoxy groups -OCH3 is 1. The van der Waals surface area contributed by atoms with E-state index in [0.717, 1.165) is 39.4 Å². The van der Waals surface area contributed by atoms with Gasteiger partial charge in [-0.05, 0) is 50.1 Å². The minimum atomic E-state index is -0.447. The van der Waals surface area contributed by atoms with Crippen molar-refractivity contribution in [3.05, 3.63) is 84.0 Å². The van der Waals surface area contributed by atoms with Gasteiger partial charge in [0.05, 0.1) is 18.5 Å². The molecule has 0 fully saturated rings. The highest BCUT2D eigenvalue weighted by Crippen LogP contribution is 2.27. The lowest BCUT2D eigenvalue weighted by atomic mass is 10.0. The zero-order chi connectivity index (χ0) is 22.8. The maximum absolute atomic E-state index is 12.2. The normalized spacial score (nSPS) is 10.9. The zero-order valence-corrected chi connectivity index (χ0v) is 18.7. The first-order chi connectivity index (χ1) is 14.9. The van der Waals surface area contributed by atoms with E-state index in [1.807, 2.05) is 57.2 Å². The van der Waals surface area contributed by atoms with Crippen LogP contribution in [0.25, 0.3) is 0 Å². The molecule has 0 radical (unpaired) electrons. The Morgan fingerprint density at radius 2 is 1.87 bits per heavy atom. The number of benzene rings is 2. The predicted octanol–water partition coefficient (Wildman–Crippen LogP) is 5.57. The minimum absolute atomic E-state index is 0.302. The van der Waals surface area contributed by atoms with Gasteiger partial charge in [-0.25, -0.2) is 4.79 Å². The molecular weight excluding hydrogens is 392 g/mol. The highest BCUT2D eigenvalue weighted by molar-refractivity contribution is 6.00. The van der Waals surface area contributed by atoms with E-state index in [9.17, 15) is 4.79 Å². The largest absolute Gasteiger partial charge is 0.489 e. The molecule has 0 atom stereocenters. The second-order valence-electron chi connectivity index (χ2n) is 6.98. The third-order valence-electron chi connectivity index (χ3n) is 4.68. The molecule has 0 aliphatic rings. The van der Waals surface area contributed by atoms with Gasteiger partial charge in [0, 0.05) is 17.7 Å². The third kappa shape index (κ3) is 6.22. The number of ether oxygens (including phenoxy) is 2. The summed E-state index contributed by atoms with van der Waals surface area (Å²) < 4.78 is 11.0. The van der Waals surface area contributed by atoms with Crippen molar-refractivity contribution in [1.29, 1.82) is 0 Å².